The van der Waals surface area contributed by atoms with E-state index in [1.165, 1.54) is 4.88 Å². The molecule has 48 valence electrons. The molecule has 2 heteroatoms. The minimum atomic E-state index is 0.881. The van der Waals surface area contributed by atoms with Crippen LogP contribution in [0.3, 0.4) is 0 Å². The lowest BCUT2D eigenvalue weighted by Gasteiger charge is -1.82. The van der Waals surface area contributed by atoms with Gasteiger partial charge in [0.05, 0.1) is 5.00 Å². The summed E-state index contributed by atoms with van der Waals surface area (Å²) in [4.78, 5) is 1.28. The van der Waals surface area contributed by atoms with Crippen LogP contribution in [0, 0.1) is 0 Å². The van der Waals surface area contributed by atoms with Crippen LogP contribution in [0.2, 0.25) is 0 Å². The molecule has 0 aliphatic carbocycles. The number of hydrogen-bond donors (Lipinski definition) is 1. The first-order valence-corrected chi connectivity index (χ1v) is 3.59. The number of anilines is 1. The zero-order valence-electron chi connectivity index (χ0n) is 5.13. The second-order valence-electron chi connectivity index (χ2n) is 1.80. The predicted molar refractivity (Wildman–Crippen MR) is 42.6 cm³/mol. The van der Waals surface area contributed by atoms with Gasteiger partial charge >= 0.3 is 0 Å². The van der Waals surface area contributed by atoms with Crippen molar-refractivity contribution in [3.05, 3.63) is 29.7 Å². The molecular weight excluding hydrogens is 130 g/mol. The van der Waals surface area contributed by atoms with Crippen LogP contribution >= 0.6 is 11.3 Å². The van der Waals surface area contributed by atoms with Gasteiger partial charge in [0.2, 0.25) is 0 Å². The van der Waals surface area contributed by atoms with Crippen LogP contribution in [-0.2, 0) is 6.42 Å². The molecule has 0 bridgehead atoms. The maximum absolute atomic E-state index is 5.49. The van der Waals surface area contributed by atoms with Crippen molar-refractivity contribution in [1.82, 2.24) is 0 Å². The van der Waals surface area contributed by atoms with E-state index in [2.05, 4.69) is 6.58 Å². The van der Waals surface area contributed by atoms with Crippen molar-refractivity contribution < 1.29 is 0 Å². The molecule has 2 N–H and O–H groups in total. The third kappa shape index (κ3) is 1.57. The van der Waals surface area contributed by atoms with E-state index in [9.17, 15) is 0 Å². The third-order valence-electron chi connectivity index (χ3n) is 1.03. The number of nitrogen functional groups attached to an aromatic ring is 1. The normalized spacial score (nSPS) is 9.33. The fraction of sp³-hybridized carbons (Fsp3) is 0.143. The molecule has 0 aromatic carbocycles. The number of nitrogens with two attached hydrogens (primary N) is 1. The Morgan fingerprint density at radius 3 is 2.89 bits per heavy atom. The molecule has 0 amide bonds. The molecule has 0 fully saturated rings. The molecule has 0 saturated heterocycles. The minimum Gasteiger partial charge on any atom is -0.391 e. The summed E-state index contributed by atoms with van der Waals surface area (Å²) in [7, 11) is 0. The van der Waals surface area contributed by atoms with Gasteiger partial charge in [0.1, 0.15) is 0 Å². The molecule has 1 aromatic rings. The van der Waals surface area contributed by atoms with Crippen LogP contribution in [0.1, 0.15) is 4.88 Å². The average molecular weight is 139 g/mol. The zero-order chi connectivity index (χ0) is 6.69. The highest BCUT2D eigenvalue weighted by Crippen LogP contribution is 2.18. The summed E-state index contributed by atoms with van der Waals surface area (Å²) in [6.45, 7) is 3.63. The molecule has 1 rings (SSSR count). The van der Waals surface area contributed by atoms with Crippen LogP contribution in [0.5, 0.6) is 0 Å². The lowest BCUT2D eigenvalue weighted by Crippen LogP contribution is -1.73. The molecule has 0 unspecified atom stereocenters. The molecule has 9 heavy (non-hydrogen) atoms. The molecular formula is C7H9NS. The first-order valence-electron chi connectivity index (χ1n) is 2.78. The highest BCUT2D eigenvalue weighted by atomic mass is 32.1. The van der Waals surface area contributed by atoms with Gasteiger partial charge in [-0.05, 0) is 18.6 Å². The second-order valence-corrected chi connectivity index (χ2v) is 3.00. The maximum Gasteiger partial charge on any atom is 0.0859 e. The van der Waals surface area contributed by atoms with Gasteiger partial charge < -0.3 is 5.73 Å². The largest absolute Gasteiger partial charge is 0.391 e. The Bertz CT molecular complexity index is 202. The van der Waals surface area contributed by atoms with Gasteiger partial charge in [-0.15, -0.1) is 17.9 Å². The standard InChI is InChI=1S/C7H9NS/c1-2-3-6-4-5-7(8)9-6/h2,4-5H,1,3,8H2. The fourth-order valence-electron chi connectivity index (χ4n) is 0.646. The summed E-state index contributed by atoms with van der Waals surface area (Å²) in [6, 6.07) is 3.95. The Labute approximate surface area is 58.8 Å². The lowest BCUT2D eigenvalue weighted by atomic mass is 10.3. The van der Waals surface area contributed by atoms with E-state index < -0.39 is 0 Å². The Hall–Kier alpha value is -0.760. The predicted octanol–water partition coefficient (Wildman–Crippen LogP) is 2.06. The van der Waals surface area contributed by atoms with Crippen LogP contribution in [0.15, 0.2) is 24.8 Å². The maximum atomic E-state index is 5.49. The van der Waals surface area contributed by atoms with E-state index in [-0.39, 0.29) is 0 Å². The quantitative estimate of drug-likeness (QED) is 0.623. The van der Waals surface area contributed by atoms with Crippen molar-refractivity contribution in [3.63, 3.8) is 0 Å². The molecule has 0 radical (unpaired) electrons. The summed E-state index contributed by atoms with van der Waals surface area (Å²) in [5.74, 6) is 0. The van der Waals surface area contributed by atoms with Gasteiger partial charge in [0.15, 0.2) is 0 Å². The van der Waals surface area contributed by atoms with Gasteiger partial charge in [0, 0.05) is 4.88 Å². The van der Waals surface area contributed by atoms with Crippen molar-refractivity contribution in [2.75, 3.05) is 5.73 Å². The number of allylic oxidation sites excluding steroid dienone is 1. The lowest BCUT2D eigenvalue weighted by molar-refractivity contribution is 1.36. The molecule has 0 atom stereocenters. The molecule has 1 nitrogen and oxygen atoms in total. The molecule has 0 spiro atoms. The van der Waals surface area contributed by atoms with Crippen molar-refractivity contribution in [1.29, 1.82) is 0 Å². The Balaban J connectivity index is 2.72. The summed E-state index contributed by atoms with van der Waals surface area (Å²) in [6.07, 6.45) is 2.81. The Morgan fingerprint density at radius 2 is 2.44 bits per heavy atom. The first kappa shape index (κ1) is 6.36. The van der Waals surface area contributed by atoms with Crippen LogP contribution in [0.25, 0.3) is 0 Å². The second kappa shape index (κ2) is 2.69. The zero-order valence-corrected chi connectivity index (χ0v) is 5.95. The molecule has 0 saturated carbocycles. The smallest absolute Gasteiger partial charge is 0.0859 e. The average Bonchev–Trinajstić information content (AvgIpc) is 2.17. The van der Waals surface area contributed by atoms with E-state index in [1.54, 1.807) is 11.3 Å². The van der Waals surface area contributed by atoms with Gasteiger partial charge in [-0.1, -0.05) is 6.08 Å². The molecule has 0 aliphatic heterocycles. The van der Waals surface area contributed by atoms with E-state index in [0.717, 1.165) is 11.4 Å². The molecule has 0 aliphatic rings. The van der Waals surface area contributed by atoms with Crippen molar-refractivity contribution in [2.24, 2.45) is 0 Å². The highest BCUT2D eigenvalue weighted by Gasteiger charge is 1.91. The van der Waals surface area contributed by atoms with E-state index in [4.69, 9.17) is 5.73 Å². The summed E-state index contributed by atoms with van der Waals surface area (Å²) in [5, 5.41) is 0.881. The summed E-state index contributed by atoms with van der Waals surface area (Å²) in [5.41, 5.74) is 5.49. The van der Waals surface area contributed by atoms with Gasteiger partial charge in [0.25, 0.3) is 0 Å². The molecule has 1 aromatic heterocycles. The van der Waals surface area contributed by atoms with E-state index in [1.807, 2.05) is 18.2 Å². The molecule has 1 heterocycles. The highest BCUT2D eigenvalue weighted by molar-refractivity contribution is 7.15. The minimum absolute atomic E-state index is 0.881. The van der Waals surface area contributed by atoms with Gasteiger partial charge in [-0.3, -0.25) is 0 Å². The Kier molecular flexibility index (Phi) is 1.90. The van der Waals surface area contributed by atoms with Crippen molar-refractivity contribution in [2.45, 2.75) is 6.42 Å². The van der Waals surface area contributed by atoms with Gasteiger partial charge in [-0.25, -0.2) is 0 Å². The fourth-order valence-corrected chi connectivity index (χ4v) is 1.42. The van der Waals surface area contributed by atoms with E-state index in [0.29, 0.717) is 0 Å². The van der Waals surface area contributed by atoms with Crippen LogP contribution in [-0.4, -0.2) is 0 Å². The van der Waals surface area contributed by atoms with Crippen molar-refractivity contribution >= 4 is 16.3 Å². The first-order chi connectivity index (χ1) is 4.33. The Morgan fingerprint density at radius 1 is 1.67 bits per heavy atom. The SMILES string of the molecule is C=CCc1ccc(N)s1. The van der Waals surface area contributed by atoms with Crippen molar-refractivity contribution in [3.8, 4) is 0 Å². The van der Waals surface area contributed by atoms with Gasteiger partial charge in [-0.2, -0.15) is 0 Å². The third-order valence-corrected chi connectivity index (χ3v) is 1.96. The number of thiophene rings is 1. The summed E-state index contributed by atoms with van der Waals surface area (Å²) >= 11 is 1.62. The topological polar surface area (TPSA) is 26.0 Å². The monoisotopic (exact) mass is 139 g/mol. The summed E-state index contributed by atoms with van der Waals surface area (Å²) < 4.78 is 0. The van der Waals surface area contributed by atoms with Crippen LogP contribution in [0.4, 0.5) is 5.00 Å². The van der Waals surface area contributed by atoms with E-state index >= 15 is 0 Å². The number of rotatable bonds is 2. The van der Waals surface area contributed by atoms with Crippen LogP contribution < -0.4 is 5.73 Å². The number of hydrogen-bond acceptors (Lipinski definition) is 2.